The zero-order chi connectivity index (χ0) is 19.1. The van der Waals surface area contributed by atoms with Gasteiger partial charge < -0.3 is 5.73 Å². The summed E-state index contributed by atoms with van der Waals surface area (Å²) in [5.74, 6) is 0.249. The second-order valence-electron chi connectivity index (χ2n) is 7.64. The third-order valence-corrected chi connectivity index (χ3v) is 4.59. The van der Waals surface area contributed by atoms with Gasteiger partial charge in [0.15, 0.2) is 5.82 Å². The molecule has 3 rings (SSSR count). The minimum atomic E-state index is -0.287. The van der Waals surface area contributed by atoms with Crippen LogP contribution in [0.15, 0.2) is 42.5 Å². The Balaban J connectivity index is 1.93. The van der Waals surface area contributed by atoms with E-state index in [2.05, 4.69) is 30.9 Å². The van der Waals surface area contributed by atoms with Crippen LogP contribution in [0.5, 0.6) is 0 Å². The van der Waals surface area contributed by atoms with Crippen LogP contribution >= 0.6 is 0 Å². The van der Waals surface area contributed by atoms with Gasteiger partial charge in [-0.3, -0.25) is 4.79 Å². The van der Waals surface area contributed by atoms with E-state index in [1.54, 1.807) is 12.1 Å². The number of carbonyl (C=O) groups is 1. The highest BCUT2D eigenvalue weighted by Crippen LogP contribution is 2.23. The van der Waals surface area contributed by atoms with Crippen molar-refractivity contribution in [1.29, 1.82) is 0 Å². The lowest BCUT2D eigenvalue weighted by Gasteiger charge is -2.18. The van der Waals surface area contributed by atoms with E-state index in [-0.39, 0.29) is 17.3 Å². The average molecular weight is 348 g/mol. The molecule has 5 nitrogen and oxygen atoms in total. The van der Waals surface area contributed by atoms with E-state index >= 15 is 0 Å². The standard InChI is InChI=1S/C21H24N4O/c1-13-6-7-16(12-14(13)2)18-23-20(22)25(24-18)19(26)15-8-10-17(11-9-15)21(3,4)5/h6-12H,1-5H3,(H2,22,23,24). The Kier molecular flexibility index (Phi) is 4.40. The molecule has 0 saturated heterocycles. The van der Waals surface area contributed by atoms with Crippen molar-refractivity contribution in [1.82, 2.24) is 14.8 Å². The second kappa shape index (κ2) is 6.41. The molecule has 5 heteroatoms. The molecule has 0 aliphatic rings. The van der Waals surface area contributed by atoms with Crippen LogP contribution in [0.1, 0.15) is 47.8 Å². The zero-order valence-electron chi connectivity index (χ0n) is 15.9. The summed E-state index contributed by atoms with van der Waals surface area (Å²) in [5.41, 5.74) is 10.9. The number of hydrogen-bond donors (Lipinski definition) is 1. The number of aromatic nitrogens is 3. The van der Waals surface area contributed by atoms with Crippen LogP contribution in [0.3, 0.4) is 0 Å². The number of anilines is 1. The molecule has 2 N–H and O–H groups in total. The predicted octanol–water partition coefficient (Wildman–Crippen LogP) is 4.13. The van der Waals surface area contributed by atoms with Crippen molar-refractivity contribution < 1.29 is 4.79 Å². The molecule has 1 heterocycles. The molecule has 3 aromatic rings. The molecule has 1 aromatic heterocycles. The van der Waals surface area contributed by atoms with E-state index in [1.165, 1.54) is 5.56 Å². The molecule has 0 unspecified atom stereocenters. The molecule has 0 aliphatic heterocycles. The molecule has 0 amide bonds. The lowest BCUT2D eigenvalue weighted by Crippen LogP contribution is -2.17. The third kappa shape index (κ3) is 3.38. The van der Waals surface area contributed by atoms with Crippen molar-refractivity contribution >= 4 is 11.9 Å². The summed E-state index contributed by atoms with van der Waals surface area (Å²) >= 11 is 0. The van der Waals surface area contributed by atoms with Crippen LogP contribution in [0.2, 0.25) is 0 Å². The molecular weight excluding hydrogens is 324 g/mol. The van der Waals surface area contributed by atoms with E-state index < -0.39 is 0 Å². The van der Waals surface area contributed by atoms with Gasteiger partial charge in [-0.2, -0.15) is 9.67 Å². The summed E-state index contributed by atoms with van der Waals surface area (Å²) in [6.45, 7) is 10.5. The van der Waals surface area contributed by atoms with E-state index in [4.69, 9.17) is 5.73 Å². The Morgan fingerprint density at radius 3 is 2.23 bits per heavy atom. The highest BCUT2D eigenvalue weighted by Gasteiger charge is 2.19. The molecule has 0 atom stereocenters. The van der Waals surface area contributed by atoms with Crippen molar-refractivity contribution in [2.75, 3.05) is 5.73 Å². The first kappa shape index (κ1) is 17.9. The molecule has 0 spiro atoms. The first-order valence-electron chi connectivity index (χ1n) is 8.62. The number of nitrogen functional groups attached to an aromatic ring is 1. The van der Waals surface area contributed by atoms with Gasteiger partial charge in [-0.1, -0.05) is 45.0 Å². The SMILES string of the molecule is Cc1ccc(-c2nc(N)n(C(=O)c3ccc(C(C)(C)C)cc3)n2)cc1C. The van der Waals surface area contributed by atoms with E-state index in [1.807, 2.05) is 44.2 Å². The minimum Gasteiger partial charge on any atom is -0.368 e. The van der Waals surface area contributed by atoms with E-state index in [9.17, 15) is 4.79 Å². The maximum absolute atomic E-state index is 12.8. The van der Waals surface area contributed by atoms with Crippen molar-refractivity contribution in [3.05, 3.63) is 64.7 Å². The van der Waals surface area contributed by atoms with Crippen LogP contribution < -0.4 is 5.73 Å². The van der Waals surface area contributed by atoms with Gasteiger partial charge in [0.25, 0.3) is 5.91 Å². The van der Waals surface area contributed by atoms with Gasteiger partial charge in [-0.15, -0.1) is 5.10 Å². The lowest BCUT2D eigenvalue weighted by molar-refractivity contribution is 0.0948. The van der Waals surface area contributed by atoms with Crippen LogP contribution in [0.25, 0.3) is 11.4 Å². The molecule has 26 heavy (non-hydrogen) atoms. The van der Waals surface area contributed by atoms with Gasteiger partial charge in [0.1, 0.15) is 0 Å². The van der Waals surface area contributed by atoms with Crippen molar-refractivity contribution in [2.24, 2.45) is 0 Å². The quantitative estimate of drug-likeness (QED) is 0.755. The lowest BCUT2D eigenvalue weighted by atomic mass is 9.87. The van der Waals surface area contributed by atoms with Gasteiger partial charge in [0, 0.05) is 11.1 Å². The summed E-state index contributed by atoms with van der Waals surface area (Å²) in [6, 6.07) is 13.5. The monoisotopic (exact) mass is 348 g/mol. The second-order valence-corrected chi connectivity index (χ2v) is 7.64. The smallest absolute Gasteiger partial charge is 0.281 e. The predicted molar refractivity (Wildman–Crippen MR) is 104 cm³/mol. The summed E-state index contributed by atoms with van der Waals surface area (Å²) in [4.78, 5) is 17.0. The van der Waals surface area contributed by atoms with Gasteiger partial charge in [-0.05, 0) is 54.2 Å². The Labute approximate surface area is 153 Å². The third-order valence-electron chi connectivity index (χ3n) is 4.59. The first-order valence-corrected chi connectivity index (χ1v) is 8.62. The van der Waals surface area contributed by atoms with Crippen molar-refractivity contribution in [3.63, 3.8) is 0 Å². The minimum absolute atomic E-state index is 0.0321. The molecule has 0 bridgehead atoms. The molecule has 0 radical (unpaired) electrons. The summed E-state index contributed by atoms with van der Waals surface area (Å²) in [5, 5.41) is 4.33. The first-order chi connectivity index (χ1) is 12.2. The Bertz CT molecular complexity index is 963. The number of aryl methyl sites for hydroxylation is 2. The van der Waals surface area contributed by atoms with Crippen LogP contribution in [-0.4, -0.2) is 20.7 Å². The number of nitrogens with zero attached hydrogens (tertiary/aromatic N) is 3. The molecule has 2 aromatic carbocycles. The average Bonchev–Trinajstić information content (AvgIpc) is 2.98. The fourth-order valence-electron chi connectivity index (χ4n) is 2.71. The summed E-state index contributed by atoms with van der Waals surface area (Å²) in [6.07, 6.45) is 0. The normalized spacial score (nSPS) is 11.6. The van der Waals surface area contributed by atoms with Gasteiger partial charge >= 0.3 is 0 Å². The topological polar surface area (TPSA) is 73.8 Å². The van der Waals surface area contributed by atoms with E-state index in [0.29, 0.717) is 11.4 Å². The molecule has 0 saturated carbocycles. The van der Waals surface area contributed by atoms with Gasteiger partial charge in [-0.25, -0.2) is 0 Å². The number of rotatable bonds is 2. The Morgan fingerprint density at radius 1 is 1.00 bits per heavy atom. The van der Waals surface area contributed by atoms with Crippen molar-refractivity contribution in [2.45, 2.75) is 40.0 Å². The van der Waals surface area contributed by atoms with Crippen LogP contribution in [-0.2, 0) is 5.41 Å². The van der Waals surface area contributed by atoms with Crippen LogP contribution in [0, 0.1) is 13.8 Å². The number of carbonyl (C=O) groups excluding carboxylic acids is 1. The summed E-state index contributed by atoms with van der Waals surface area (Å²) in [7, 11) is 0. The molecule has 0 fully saturated rings. The van der Waals surface area contributed by atoms with Gasteiger partial charge in [0.2, 0.25) is 5.95 Å². The number of hydrogen-bond acceptors (Lipinski definition) is 4. The molecular formula is C21H24N4O. The number of benzene rings is 2. The molecule has 0 aliphatic carbocycles. The Hall–Kier alpha value is -2.95. The van der Waals surface area contributed by atoms with Gasteiger partial charge in [0.05, 0.1) is 0 Å². The maximum Gasteiger partial charge on any atom is 0.281 e. The fraction of sp³-hybridized carbons (Fsp3) is 0.286. The molecule has 134 valence electrons. The van der Waals surface area contributed by atoms with Crippen molar-refractivity contribution in [3.8, 4) is 11.4 Å². The highest BCUT2D eigenvalue weighted by atomic mass is 16.2. The Morgan fingerprint density at radius 2 is 1.65 bits per heavy atom. The number of nitrogens with two attached hydrogens (primary N) is 1. The van der Waals surface area contributed by atoms with Crippen LogP contribution in [0.4, 0.5) is 5.95 Å². The van der Waals surface area contributed by atoms with E-state index in [0.717, 1.165) is 21.4 Å². The highest BCUT2D eigenvalue weighted by molar-refractivity contribution is 5.97. The largest absolute Gasteiger partial charge is 0.368 e. The zero-order valence-corrected chi connectivity index (χ0v) is 15.9. The fourth-order valence-corrected chi connectivity index (χ4v) is 2.71. The maximum atomic E-state index is 12.8. The summed E-state index contributed by atoms with van der Waals surface area (Å²) < 4.78 is 1.16.